The van der Waals surface area contributed by atoms with E-state index in [0.717, 1.165) is 5.56 Å². The third-order valence-corrected chi connectivity index (χ3v) is 5.16. The molecule has 0 spiro atoms. The predicted octanol–water partition coefficient (Wildman–Crippen LogP) is 4.09. The SMILES string of the molecule is COc1ccc(C2/C(=C(\O)c3ccc(C)cc3)C(=O)C(=O)N2CC(C)C)c(OC)c1. The molecule has 2 aromatic rings. The molecule has 1 aliphatic heterocycles. The highest BCUT2D eigenvalue weighted by molar-refractivity contribution is 6.46. The van der Waals surface area contributed by atoms with Gasteiger partial charge in [0, 0.05) is 23.7 Å². The third-order valence-electron chi connectivity index (χ3n) is 5.16. The molecule has 1 heterocycles. The van der Waals surface area contributed by atoms with Crippen molar-refractivity contribution in [2.75, 3.05) is 20.8 Å². The van der Waals surface area contributed by atoms with Gasteiger partial charge in [-0.25, -0.2) is 0 Å². The van der Waals surface area contributed by atoms with Crippen LogP contribution in [-0.4, -0.2) is 42.5 Å². The summed E-state index contributed by atoms with van der Waals surface area (Å²) >= 11 is 0. The van der Waals surface area contributed by atoms with Crippen molar-refractivity contribution in [3.63, 3.8) is 0 Å². The first-order valence-corrected chi connectivity index (χ1v) is 9.85. The number of ketones is 1. The van der Waals surface area contributed by atoms with E-state index in [-0.39, 0.29) is 17.3 Å². The van der Waals surface area contributed by atoms with Gasteiger partial charge in [-0.1, -0.05) is 43.7 Å². The number of carbonyl (C=O) groups is 2. The number of carbonyl (C=O) groups excluding carboxylic acids is 2. The summed E-state index contributed by atoms with van der Waals surface area (Å²) in [7, 11) is 3.07. The molecule has 0 radical (unpaired) electrons. The summed E-state index contributed by atoms with van der Waals surface area (Å²) in [5.41, 5.74) is 2.19. The number of rotatable bonds is 6. The summed E-state index contributed by atoms with van der Waals surface area (Å²) in [4.78, 5) is 27.4. The second kappa shape index (κ2) is 8.61. The van der Waals surface area contributed by atoms with Gasteiger partial charge in [0.1, 0.15) is 17.3 Å². The molecule has 6 nitrogen and oxygen atoms in total. The average Bonchev–Trinajstić information content (AvgIpc) is 2.97. The zero-order valence-electron chi connectivity index (χ0n) is 17.9. The van der Waals surface area contributed by atoms with Crippen LogP contribution in [0.4, 0.5) is 0 Å². The molecular formula is C24H27NO5. The van der Waals surface area contributed by atoms with Crippen molar-refractivity contribution >= 4 is 17.4 Å². The summed E-state index contributed by atoms with van der Waals surface area (Å²) in [6.07, 6.45) is 0. The Morgan fingerprint density at radius 1 is 1.07 bits per heavy atom. The van der Waals surface area contributed by atoms with E-state index in [2.05, 4.69) is 0 Å². The summed E-state index contributed by atoms with van der Waals surface area (Å²) in [6, 6.07) is 11.6. The van der Waals surface area contributed by atoms with Crippen LogP contribution in [-0.2, 0) is 9.59 Å². The molecule has 0 saturated carbocycles. The zero-order valence-corrected chi connectivity index (χ0v) is 17.9. The number of nitrogens with zero attached hydrogens (tertiary/aromatic N) is 1. The van der Waals surface area contributed by atoms with E-state index in [1.807, 2.05) is 32.9 Å². The maximum Gasteiger partial charge on any atom is 0.295 e. The van der Waals surface area contributed by atoms with E-state index in [0.29, 0.717) is 29.2 Å². The number of benzene rings is 2. The maximum absolute atomic E-state index is 13.0. The maximum atomic E-state index is 13.0. The van der Waals surface area contributed by atoms with Crippen molar-refractivity contribution in [1.82, 2.24) is 4.90 Å². The predicted molar refractivity (Wildman–Crippen MR) is 115 cm³/mol. The van der Waals surface area contributed by atoms with Crippen LogP contribution in [0, 0.1) is 12.8 Å². The second-order valence-electron chi connectivity index (χ2n) is 7.82. The molecule has 1 atom stereocenters. The van der Waals surface area contributed by atoms with Crippen molar-refractivity contribution in [3.05, 3.63) is 64.7 Å². The smallest absolute Gasteiger partial charge is 0.295 e. The molecule has 158 valence electrons. The molecule has 1 unspecified atom stereocenters. The highest BCUT2D eigenvalue weighted by Gasteiger charge is 2.47. The number of methoxy groups -OCH3 is 2. The summed E-state index contributed by atoms with van der Waals surface area (Å²) in [5, 5.41) is 11.1. The van der Waals surface area contributed by atoms with E-state index < -0.39 is 17.7 Å². The molecule has 2 aromatic carbocycles. The van der Waals surface area contributed by atoms with Crippen molar-refractivity contribution < 1.29 is 24.2 Å². The molecule has 30 heavy (non-hydrogen) atoms. The van der Waals surface area contributed by atoms with Gasteiger partial charge in [-0.2, -0.15) is 0 Å². The Hall–Kier alpha value is -3.28. The lowest BCUT2D eigenvalue weighted by atomic mass is 9.94. The Labute approximate surface area is 176 Å². The fourth-order valence-electron chi connectivity index (χ4n) is 3.70. The van der Waals surface area contributed by atoms with Crippen LogP contribution in [0.25, 0.3) is 5.76 Å². The van der Waals surface area contributed by atoms with E-state index in [1.54, 1.807) is 37.4 Å². The molecule has 1 amide bonds. The zero-order chi connectivity index (χ0) is 22.0. The summed E-state index contributed by atoms with van der Waals surface area (Å²) < 4.78 is 10.8. The van der Waals surface area contributed by atoms with Gasteiger partial charge >= 0.3 is 0 Å². The lowest BCUT2D eigenvalue weighted by Crippen LogP contribution is -2.33. The first-order valence-electron chi connectivity index (χ1n) is 9.85. The number of aryl methyl sites for hydroxylation is 1. The molecule has 1 fully saturated rings. The van der Waals surface area contributed by atoms with Crippen LogP contribution < -0.4 is 9.47 Å². The first kappa shape index (κ1) is 21.4. The minimum atomic E-state index is -0.755. The van der Waals surface area contributed by atoms with Gasteiger partial charge in [0.05, 0.1) is 25.8 Å². The van der Waals surface area contributed by atoms with E-state index in [9.17, 15) is 14.7 Å². The highest BCUT2D eigenvalue weighted by Crippen LogP contribution is 2.43. The Morgan fingerprint density at radius 2 is 1.73 bits per heavy atom. The highest BCUT2D eigenvalue weighted by atomic mass is 16.5. The van der Waals surface area contributed by atoms with Gasteiger partial charge in [-0.05, 0) is 25.0 Å². The molecule has 0 bridgehead atoms. The normalized spacial score (nSPS) is 18.2. The summed E-state index contributed by atoms with van der Waals surface area (Å²) in [5.74, 6) is -0.312. The fraction of sp³-hybridized carbons (Fsp3) is 0.333. The van der Waals surface area contributed by atoms with Crippen LogP contribution >= 0.6 is 0 Å². The molecule has 3 rings (SSSR count). The number of likely N-dealkylation sites (tertiary alicyclic amines) is 1. The number of hydrogen-bond acceptors (Lipinski definition) is 5. The fourth-order valence-corrected chi connectivity index (χ4v) is 3.70. The largest absolute Gasteiger partial charge is 0.507 e. The quantitative estimate of drug-likeness (QED) is 0.442. The average molecular weight is 409 g/mol. The second-order valence-corrected chi connectivity index (χ2v) is 7.82. The number of ether oxygens (including phenoxy) is 2. The lowest BCUT2D eigenvalue weighted by Gasteiger charge is -2.28. The van der Waals surface area contributed by atoms with Crippen LogP contribution in [0.2, 0.25) is 0 Å². The number of amides is 1. The standard InChI is InChI=1S/C24H27NO5/c1-14(2)13-25-21(18-11-10-17(29-4)12-19(18)30-5)20(23(27)24(25)28)22(26)16-8-6-15(3)7-9-16/h6-12,14,21,26H,13H2,1-5H3/b22-20+. The van der Waals surface area contributed by atoms with Gasteiger partial charge < -0.3 is 19.5 Å². The van der Waals surface area contributed by atoms with Crippen LogP contribution in [0.3, 0.4) is 0 Å². The Morgan fingerprint density at radius 3 is 2.30 bits per heavy atom. The third kappa shape index (κ3) is 3.90. The molecule has 0 aromatic heterocycles. The van der Waals surface area contributed by atoms with E-state index >= 15 is 0 Å². The number of Topliss-reactive ketones (excluding diaryl/α,β-unsaturated/α-hetero) is 1. The van der Waals surface area contributed by atoms with E-state index in [1.165, 1.54) is 12.0 Å². The number of hydrogen-bond donors (Lipinski definition) is 1. The Kier molecular flexibility index (Phi) is 6.15. The van der Waals surface area contributed by atoms with Gasteiger partial charge in [-0.3, -0.25) is 9.59 Å². The first-order chi connectivity index (χ1) is 14.3. The van der Waals surface area contributed by atoms with Crippen molar-refractivity contribution in [2.24, 2.45) is 5.92 Å². The molecule has 1 saturated heterocycles. The summed E-state index contributed by atoms with van der Waals surface area (Å²) in [6.45, 7) is 6.26. The Bertz CT molecular complexity index is 991. The van der Waals surface area contributed by atoms with Crippen molar-refractivity contribution in [2.45, 2.75) is 26.8 Å². The van der Waals surface area contributed by atoms with Gasteiger partial charge in [0.15, 0.2) is 0 Å². The Balaban J connectivity index is 2.24. The van der Waals surface area contributed by atoms with Crippen molar-refractivity contribution in [3.8, 4) is 11.5 Å². The van der Waals surface area contributed by atoms with Crippen LogP contribution in [0.1, 0.15) is 36.6 Å². The lowest BCUT2D eigenvalue weighted by molar-refractivity contribution is -0.140. The molecule has 6 heteroatoms. The number of aliphatic hydroxyl groups excluding tert-OH is 1. The van der Waals surface area contributed by atoms with Gasteiger partial charge in [0.2, 0.25) is 0 Å². The molecule has 0 aliphatic carbocycles. The van der Waals surface area contributed by atoms with Gasteiger partial charge in [-0.15, -0.1) is 0 Å². The minimum Gasteiger partial charge on any atom is -0.507 e. The van der Waals surface area contributed by atoms with Gasteiger partial charge in [0.25, 0.3) is 11.7 Å². The van der Waals surface area contributed by atoms with Crippen molar-refractivity contribution in [1.29, 1.82) is 0 Å². The monoisotopic (exact) mass is 409 g/mol. The topological polar surface area (TPSA) is 76.1 Å². The van der Waals surface area contributed by atoms with E-state index in [4.69, 9.17) is 9.47 Å². The molecular weight excluding hydrogens is 382 g/mol. The number of aliphatic hydroxyl groups is 1. The van der Waals surface area contributed by atoms with Crippen LogP contribution in [0.15, 0.2) is 48.0 Å². The molecule has 1 aliphatic rings. The molecule has 1 N–H and O–H groups in total. The van der Waals surface area contributed by atoms with Crippen LogP contribution in [0.5, 0.6) is 11.5 Å². The minimum absolute atomic E-state index is 0.0629.